The van der Waals surface area contributed by atoms with Crippen molar-refractivity contribution in [3.05, 3.63) is 17.9 Å². The highest BCUT2D eigenvalue weighted by Crippen LogP contribution is 2.25. The van der Waals surface area contributed by atoms with Crippen LogP contribution in [0.3, 0.4) is 0 Å². The number of hydrogen-bond acceptors (Lipinski definition) is 5. The Kier molecular flexibility index (Phi) is 5.27. The molecule has 1 unspecified atom stereocenters. The van der Waals surface area contributed by atoms with Gasteiger partial charge in [0.25, 0.3) is 15.9 Å². The predicted molar refractivity (Wildman–Crippen MR) is 87.3 cm³/mol. The van der Waals surface area contributed by atoms with E-state index in [0.29, 0.717) is 32.8 Å². The molecule has 0 spiro atoms. The first-order valence-corrected chi connectivity index (χ1v) is 9.96. The van der Waals surface area contributed by atoms with Crippen molar-refractivity contribution in [3.8, 4) is 0 Å². The second-order valence-corrected chi connectivity index (χ2v) is 8.06. The Balaban J connectivity index is 1.78. The summed E-state index contributed by atoms with van der Waals surface area (Å²) < 4.78 is 37.1. The molecule has 8 heteroatoms. The Hall–Kier alpha value is -1.38. The number of carbonyl (C=O) groups is 1. The van der Waals surface area contributed by atoms with Crippen LogP contribution in [0.5, 0.6) is 0 Å². The highest BCUT2D eigenvalue weighted by atomic mass is 32.2. The first-order chi connectivity index (χ1) is 11.5. The molecule has 7 nitrogen and oxygen atoms in total. The molecule has 1 amide bonds. The molecule has 1 aromatic rings. The lowest BCUT2D eigenvalue weighted by molar-refractivity contribution is 0.0567. The van der Waals surface area contributed by atoms with E-state index in [4.69, 9.17) is 9.15 Å². The number of sulfonamides is 1. The molecule has 134 valence electrons. The van der Waals surface area contributed by atoms with Crippen molar-refractivity contribution >= 4 is 15.9 Å². The van der Waals surface area contributed by atoms with Gasteiger partial charge in [0.05, 0.1) is 13.2 Å². The fourth-order valence-electron chi connectivity index (χ4n) is 3.32. The van der Waals surface area contributed by atoms with E-state index in [2.05, 4.69) is 6.92 Å². The molecule has 0 aliphatic carbocycles. The van der Waals surface area contributed by atoms with Crippen molar-refractivity contribution in [3.63, 3.8) is 0 Å². The Bertz CT molecular complexity index is 678. The molecular weight excluding hydrogens is 332 g/mol. The molecule has 2 aliphatic heterocycles. The van der Waals surface area contributed by atoms with Crippen LogP contribution in [0, 0.1) is 0 Å². The summed E-state index contributed by atoms with van der Waals surface area (Å²) in [5.74, 6) is -0.118. The Morgan fingerprint density at radius 3 is 2.67 bits per heavy atom. The zero-order valence-electron chi connectivity index (χ0n) is 13.9. The quantitative estimate of drug-likeness (QED) is 0.820. The van der Waals surface area contributed by atoms with Gasteiger partial charge in [-0.1, -0.05) is 6.92 Å². The predicted octanol–water partition coefficient (Wildman–Crippen LogP) is 1.71. The molecule has 3 rings (SSSR count). The van der Waals surface area contributed by atoms with Gasteiger partial charge < -0.3 is 14.1 Å². The fourth-order valence-corrected chi connectivity index (χ4v) is 4.64. The third-order valence-corrected chi connectivity index (χ3v) is 6.49. The average Bonchev–Trinajstić information content (AvgIpc) is 3.13. The number of amides is 1. The van der Waals surface area contributed by atoms with Crippen LogP contribution in [0.25, 0.3) is 0 Å². The normalized spacial score (nSPS) is 23.4. The lowest BCUT2D eigenvalue weighted by Crippen LogP contribution is -2.43. The summed E-state index contributed by atoms with van der Waals surface area (Å²) in [5.41, 5.74) is 0. The summed E-state index contributed by atoms with van der Waals surface area (Å²) in [7, 11) is -3.71. The maximum Gasteiger partial charge on any atom is 0.289 e. The molecule has 0 saturated carbocycles. The number of carbonyl (C=O) groups excluding carboxylic acids is 1. The van der Waals surface area contributed by atoms with Gasteiger partial charge in [-0.25, -0.2) is 8.42 Å². The minimum Gasteiger partial charge on any atom is -0.438 e. The Labute approximate surface area is 142 Å². The van der Waals surface area contributed by atoms with Crippen molar-refractivity contribution in [2.24, 2.45) is 0 Å². The summed E-state index contributed by atoms with van der Waals surface area (Å²) in [6, 6.07) is 3.05. The molecule has 0 N–H and O–H groups in total. The van der Waals surface area contributed by atoms with E-state index in [0.717, 1.165) is 25.7 Å². The summed E-state index contributed by atoms with van der Waals surface area (Å²) in [6.07, 6.45) is 3.98. The van der Waals surface area contributed by atoms with Gasteiger partial charge in [-0.3, -0.25) is 4.79 Å². The van der Waals surface area contributed by atoms with E-state index in [1.807, 2.05) is 4.90 Å². The molecular formula is C16H24N2O5S. The standard InChI is InChI=1S/C16H24N2O5S/c1-2-13-5-3-4-8-18(13)16(19)14-6-7-15(23-14)24(20,21)17-9-11-22-12-10-17/h6-7,13H,2-5,8-12H2,1H3. The monoisotopic (exact) mass is 356 g/mol. The molecule has 24 heavy (non-hydrogen) atoms. The maximum atomic E-state index is 12.7. The number of furan rings is 1. The summed E-state index contributed by atoms with van der Waals surface area (Å²) in [4.78, 5) is 14.5. The van der Waals surface area contributed by atoms with Gasteiger partial charge in [-0.05, 0) is 37.8 Å². The van der Waals surface area contributed by atoms with E-state index in [-0.39, 0.29) is 22.8 Å². The van der Waals surface area contributed by atoms with Gasteiger partial charge in [0.1, 0.15) is 0 Å². The number of nitrogens with zero attached hydrogens (tertiary/aromatic N) is 2. The SMILES string of the molecule is CCC1CCCCN1C(=O)c1ccc(S(=O)(=O)N2CCOCC2)o1. The zero-order chi connectivity index (χ0) is 17.2. The Morgan fingerprint density at radius 2 is 1.96 bits per heavy atom. The topological polar surface area (TPSA) is 80.1 Å². The second-order valence-electron chi connectivity index (χ2n) is 6.19. The molecule has 2 aliphatic rings. The molecule has 0 aromatic carbocycles. The number of morpholine rings is 1. The van der Waals surface area contributed by atoms with Gasteiger partial charge in [-0.2, -0.15) is 4.31 Å². The van der Waals surface area contributed by atoms with Crippen LogP contribution >= 0.6 is 0 Å². The minimum absolute atomic E-state index is 0.0992. The van der Waals surface area contributed by atoms with E-state index in [1.54, 1.807) is 0 Å². The maximum absolute atomic E-state index is 12.7. The molecule has 0 radical (unpaired) electrons. The first kappa shape index (κ1) is 17.4. The summed E-state index contributed by atoms with van der Waals surface area (Å²) in [6.45, 7) is 4.11. The highest BCUT2D eigenvalue weighted by Gasteiger charge is 2.32. The van der Waals surface area contributed by atoms with Gasteiger partial charge in [0.2, 0.25) is 5.09 Å². The van der Waals surface area contributed by atoms with Gasteiger partial charge >= 0.3 is 0 Å². The van der Waals surface area contributed by atoms with Gasteiger partial charge in [-0.15, -0.1) is 0 Å². The van der Waals surface area contributed by atoms with Crippen molar-refractivity contribution in [2.45, 2.75) is 43.7 Å². The van der Waals surface area contributed by atoms with Crippen LogP contribution in [-0.4, -0.2) is 62.4 Å². The largest absolute Gasteiger partial charge is 0.438 e. The fraction of sp³-hybridized carbons (Fsp3) is 0.688. The molecule has 2 fully saturated rings. The summed E-state index contributed by atoms with van der Waals surface area (Å²) >= 11 is 0. The van der Waals surface area contributed by atoms with E-state index >= 15 is 0 Å². The van der Waals surface area contributed by atoms with Crippen molar-refractivity contribution in [2.75, 3.05) is 32.8 Å². The summed E-state index contributed by atoms with van der Waals surface area (Å²) in [5, 5.41) is -0.169. The van der Waals surface area contributed by atoms with Crippen LogP contribution in [0.2, 0.25) is 0 Å². The number of likely N-dealkylation sites (tertiary alicyclic amines) is 1. The van der Waals surface area contributed by atoms with Gasteiger partial charge in [0.15, 0.2) is 5.76 Å². The molecule has 3 heterocycles. The first-order valence-electron chi connectivity index (χ1n) is 8.52. The Morgan fingerprint density at radius 1 is 1.21 bits per heavy atom. The molecule has 0 bridgehead atoms. The van der Waals surface area contributed by atoms with Crippen LogP contribution in [-0.2, 0) is 14.8 Å². The average molecular weight is 356 g/mol. The third-order valence-electron chi connectivity index (χ3n) is 4.72. The van der Waals surface area contributed by atoms with Crippen molar-refractivity contribution in [1.29, 1.82) is 0 Å². The lowest BCUT2D eigenvalue weighted by Gasteiger charge is -2.34. The molecule has 1 atom stereocenters. The van der Waals surface area contributed by atoms with Crippen LogP contribution in [0.1, 0.15) is 43.2 Å². The number of piperidine rings is 1. The van der Waals surface area contributed by atoms with Gasteiger partial charge in [0, 0.05) is 25.7 Å². The molecule has 1 aromatic heterocycles. The van der Waals surface area contributed by atoms with Crippen LogP contribution in [0.15, 0.2) is 21.6 Å². The lowest BCUT2D eigenvalue weighted by atomic mass is 10.00. The molecule has 2 saturated heterocycles. The van der Waals surface area contributed by atoms with Crippen LogP contribution in [0.4, 0.5) is 0 Å². The van der Waals surface area contributed by atoms with E-state index < -0.39 is 10.0 Å². The number of ether oxygens (including phenoxy) is 1. The third kappa shape index (κ3) is 3.36. The highest BCUT2D eigenvalue weighted by molar-refractivity contribution is 7.89. The second kappa shape index (κ2) is 7.25. The van der Waals surface area contributed by atoms with Crippen LogP contribution < -0.4 is 0 Å². The smallest absolute Gasteiger partial charge is 0.289 e. The van der Waals surface area contributed by atoms with E-state index in [1.165, 1.54) is 16.4 Å². The number of rotatable bonds is 4. The number of hydrogen-bond donors (Lipinski definition) is 0. The van der Waals surface area contributed by atoms with E-state index in [9.17, 15) is 13.2 Å². The van der Waals surface area contributed by atoms with Crippen molar-refractivity contribution < 1.29 is 22.4 Å². The van der Waals surface area contributed by atoms with Crippen molar-refractivity contribution in [1.82, 2.24) is 9.21 Å². The zero-order valence-corrected chi connectivity index (χ0v) is 14.8. The minimum atomic E-state index is -3.71.